The molecule has 0 aromatic rings. The maximum atomic E-state index is 12.1. The van der Waals surface area contributed by atoms with Crippen LogP contribution in [0, 0.1) is 34.5 Å². The van der Waals surface area contributed by atoms with Gasteiger partial charge in [-0.1, -0.05) is 13.8 Å². The summed E-state index contributed by atoms with van der Waals surface area (Å²) in [5, 5.41) is 10.0. The predicted octanol–water partition coefficient (Wildman–Crippen LogP) is 3.96. The second-order valence-electron chi connectivity index (χ2n) is 9.20. The van der Waals surface area contributed by atoms with Crippen molar-refractivity contribution in [1.29, 1.82) is 0 Å². The largest absolute Gasteiger partial charge is 0.393 e. The van der Waals surface area contributed by atoms with Crippen molar-refractivity contribution in [1.82, 2.24) is 0 Å². The zero-order valence-electron chi connectivity index (χ0n) is 13.6. The van der Waals surface area contributed by atoms with Crippen LogP contribution < -0.4 is 0 Å². The van der Waals surface area contributed by atoms with Crippen LogP contribution in [0.3, 0.4) is 0 Å². The van der Waals surface area contributed by atoms with Gasteiger partial charge < -0.3 is 5.11 Å². The third kappa shape index (κ3) is 1.97. The molecule has 0 radical (unpaired) electrons. The second-order valence-corrected chi connectivity index (χ2v) is 9.20. The number of Topliss-reactive ketones (excluding diaryl/α,β-unsaturated/α-hetero) is 1. The summed E-state index contributed by atoms with van der Waals surface area (Å²) in [5.74, 6) is 3.51. The summed E-state index contributed by atoms with van der Waals surface area (Å²) in [6, 6.07) is 0. The van der Waals surface area contributed by atoms with Crippen molar-refractivity contribution in [3.63, 3.8) is 0 Å². The van der Waals surface area contributed by atoms with Crippen LogP contribution in [-0.2, 0) is 4.79 Å². The van der Waals surface area contributed by atoms with Gasteiger partial charge in [-0.3, -0.25) is 4.79 Å². The number of hydrogen-bond donors (Lipinski definition) is 1. The molecule has 1 N–H and O–H groups in total. The van der Waals surface area contributed by atoms with Gasteiger partial charge in [0, 0.05) is 12.8 Å². The zero-order chi connectivity index (χ0) is 14.8. The van der Waals surface area contributed by atoms with Crippen LogP contribution in [-0.4, -0.2) is 17.0 Å². The number of hydrogen-bond acceptors (Lipinski definition) is 2. The first-order valence-electron chi connectivity index (χ1n) is 9.12. The number of ketones is 1. The van der Waals surface area contributed by atoms with Crippen LogP contribution in [0.5, 0.6) is 0 Å². The van der Waals surface area contributed by atoms with Gasteiger partial charge >= 0.3 is 0 Å². The summed E-state index contributed by atoms with van der Waals surface area (Å²) in [6.45, 7) is 4.90. The molecule has 0 aromatic heterocycles. The number of fused-ring (bicyclic) bond motifs is 5. The van der Waals surface area contributed by atoms with Crippen molar-refractivity contribution in [3.8, 4) is 0 Å². The summed E-state index contributed by atoms with van der Waals surface area (Å²) >= 11 is 0. The Balaban J connectivity index is 1.63. The van der Waals surface area contributed by atoms with Crippen LogP contribution in [0.4, 0.5) is 0 Å². The molecule has 4 saturated carbocycles. The van der Waals surface area contributed by atoms with Crippen molar-refractivity contribution in [2.75, 3.05) is 0 Å². The van der Waals surface area contributed by atoms with E-state index >= 15 is 0 Å². The highest BCUT2D eigenvalue weighted by Gasteiger charge is 2.59. The summed E-state index contributed by atoms with van der Waals surface area (Å²) < 4.78 is 0. The van der Waals surface area contributed by atoms with E-state index in [4.69, 9.17) is 0 Å². The zero-order valence-corrected chi connectivity index (χ0v) is 13.6. The first-order chi connectivity index (χ1) is 9.92. The van der Waals surface area contributed by atoms with Gasteiger partial charge in [-0.05, 0) is 79.4 Å². The van der Waals surface area contributed by atoms with Crippen LogP contribution in [0.1, 0.15) is 71.6 Å². The Kier molecular flexibility index (Phi) is 3.10. The van der Waals surface area contributed by atoms with Gasteiger partial charge in [0.1, 0.15) is 5.78 Å². The number of aliphatic hydroxyl groups is 1. The number of aliphatic hydroxyl groups excluding tert-OH is 1. The SMILES string of the molecule is C[C@]12CC[C@H]3[C@@H](CC[C@@H]4C[C@@H](O)CC[C@@]43C)[C@@H]1CC(=O)C2. The van der Waals surface area contributed by atoms with Gasteiger partial charge in [-0.15, -0.1) is 0 Å². The number of carbonyl (C=O) groups is 1. The van der Waals surface area contributed by atoms with E-state index in [1.165, 1.54) is 32.1 Å². The van der Waals surface area contributed by atoms with Gasteiger partial charge in [0.15, 0.2) is 0 Å². The standard InChI is InChI=1S/C19H30O2/c1-18-7-6-16-15(17(18)10-14(21)11-18)4-3-12-9-13(20)5-8-19(12,16)2/h12-13,15-17,20H,3-11H2,1-2H3/t12-,13+,15-,16+,17+,18-,19+/m1/s1. The van der Waals surface area contributed by atoms with Crippen molar-refractivity contribution >= 4 is 5.78 Å². The molecule has 0 aromatic carbocycles. The molecule has 2 heteroatoms. The maximum Gasteiger partial charge on any atom is 0.133 e. The number of rotatable bonds is 0. The monoisotopic (exact) mass is 290 g/mol. The Hall–Kier alpha value is -0.370. The Morgan fingerprint density at radius 3 is 2.67 bits per heavy atom. The van der Waals surface area contributed by atoms with Gasteiger partial charge in [-0.25, -0.2) is 0 Å². The van der Waals surface area contributed by atoms with E-state index in [0.29, 0.717) is 22.5 Å². The molecule has 0 unspecified atom stereocenters. The lowest BCUT2D eigenvalue weighted by atomic mass is 9.45. The Morgan fingerprint density at radius 1 is 1.05 bits per heavy atom. The molecule has 4 aliphatic rings. The second kappa shape index (κ2) is 4.57. The molecule has 4 aliphatic carbocycles. The predicted molar refractivity (Wildman–Crippen MR) is 82.7 cm³/mol. The van der Waals surface area contributed by atoms with Crippen LogP contribution >= 0.6 is 0 Å². The third-order valence-electron chi connectivity index (χ3n) is 8.20. The fraction of sp³-hybridized carbons (Fsp3) is 0.947. The third-order valence-corrected chi connectivity index (χ3v) is 8.20. The average Bonchev–Trinajstić information content (AvgIpc) is 2.74. The molecule has 2 nitrogen and oxygen atoms in total. The Labute approximate surface area is 128 Å². The normalized spacial score (nSPS) is 56.5. The minimum absolute atomic E-state index is 0.0541. The fourth-order valence-corrected chi connectivity index (χ4v) is 7.01. The highest BCUT2D eigenvalue weighted by atomic mass is 16.3. The summed E-state index contributed by atoms with van der Waals surface area (Å²) in [4.78, 5) is 12.1. The van der Waals surface area contributed by atoms with Crippen molar-refractivity contribution < 1.29 is 9.90 Å². The molecule has 0 amide bonds. The highest BCUT2D eigenvalue weighted by Crippen LogP contribution is 2.65. The highest BCUT2D eigenvalue weighted by molar-refractivity contribution is 5.82. The van der Waals surface area contributed by atoms with Gasteiger partial charge in [-0.2, -0.15) is 0 Å². The summed E-state index contributed by atoms with van der Waals surface area (Å²) in [5.41, 5.74) is 0.755. The summed E-state index contributed by atoms with van der Waals surface area (Å²) in [7, 11) is 0. The van der Waals surface area contributed by atoms with Gasteiger partial charge in [0.2, 0.25) is 0 Å². The first kappa shape index (κ1) is 14.2. The smallest absolute Gasteiger partial charge is 0.133 e. The minimum atomic E-state index is -0.0541. The lowest BCUT2D eigenvalue weighted by Crippen LogP contribution is -2.53. The first-order valence-corrected chi connectivity index (χ1v) is 9.12. The van der Waals surface area contributed by atoms with E-state index in [0.717, 1.165) is 43.4 Å². The van der Waals surface area contributed by atoms with Crippen LogP contribution in [0.15, 0.2) is 0 Å². The molecule has 0 aliphatic heterocycles. The van der Waals surface area contributed by atoms with E-state index < -0.39 is 0 Å². The molecule has 0 heterocycles. The van der Waals surface area contributed by atoms with Crippen LogP contribution in [0.25, 0.3) is 0 Å². The number of carbonyl (C=O) groups excluding carboxylic acids is 1. The molecule has 7 atom stereocenters. The molecule has 118 valence electrons. The molecule has 0 spiro atoms. The van der Waals surface area contributed by atoms with Crippen LogP contribution in [0.2, 0.25) is 0 Å². The minimum Gasteiger partial charge on any atom is -0.393 e. The molecule has 4 fully saturated rings. The van der Waals surface area contributed by atoms with Crippen molar-refractivity contribution in [2.24, 2.45) is 34.5 Å². The maximum absolute atomic E-state index is 12.1. The van der Waals surface area contributed by atoms with E-state index in [1.807, 2.05) is 0 Å². The van der Waals surface area contributed by atoms with E-state index in [2.05, 4.69) is 13.8 Å². The van der Waals surface area contributed by atoms with E-state index in [9.17, 15) is 9.90 Å². The molecular formula is C19H30O2. The average molecular weight is 290 g/mol. The van der Waals surface area contributed by atoms with E-state index in [-0.39, 0.29) is 6.10 Å². The topological polar surface area (TPSA) is 37.3 Å². The molecule has 21 heavy (non-hydrogen) atoms. The summed E-state index contributed by atoms with van der Waals surface area (Å²) in [6.07, 6.45) is 10.1. The van der Waals surface area contributed by atoms with Crippen molar-refractivity contribution in [3.05, 3.63) is 0 Å². The Bertz CT molecular complexity index is 458. The molecule has 0 saturated heterocycles. The lowest BCUT2D eigenvalue weighted by molar-refractivity contribution is -0.121. The quantitative estimate of drug-likeness (QED) is 0.733. The van der Waals surface area contributed by atoms with E-state index in [1.54, 1.807) is 0 Å². The Morgan fingerprint density at radius 2 is 1.86 bits per heavy atom. The molecule has 4 rings (SSSR count). The van der Waals surface area contributed by atoms with Gasteiger partial charge in [0.25, 0.3) is 0 Å². The fourth-order valence-electron chi connectivity index (χ4n) is 7.01. The van der Waals surface area contributed by atoms with Crippen molar-refractivity contribution in [2.45, 2.75) is 77.7 Å². The molecule has 0 bridgehead atoms. The molecular weight excluding hydrogens is 260 g/mol. The van der Waals surface area contributed by atoms with Gasteiger partial charge in [0.05, 0.1) is 6.10 Å². The lowest BCUT2D eigenvalue weighted by Gasteiger charge is -2.60.